The van der Waals surface area contributed by atoms with Crippen LogP contribution in [-0.4, -0.2) is 90.5 Å². The number of rotatable bonds is 5. The molecule has 1 aromatic heterocycles. The quantitative estimate of drug-likeness (QED) is 0.605. The molecule has 3 atom stereocenters. The third kappa shape index (κ3) is 4.61. The van der Waals surface area contributed by atoms with Crippen LogP contribution in [0.2, 0.25) is 0 Å². The number of nitrogens with zero attached hydrogens (tertiary/aromatic N) is 4. The van der Waals surface area contributed by atoms with Crippen molar-refractivity contribution in [3.8, 4) is 0 Å². The third-order valence-corrected chi connectivity index (χ3v) is 8.16. The number of morpholine rings is 1. The average molecular weight is 493 g/mol. The van der Waals surface area contributed by atoms with Crippen LogP contribution in [0.1, 0.15) is 35.8 Å². The number of aromatic nitrogens is 1. The van der Waals surface area contributed by atoms with Gasteiger partial charge >= 0.3 is 0 Å². The Kier molecular flexibility index (Phi) is 7.31. The molecule has 3 fully saturated rings. The van der Waals surface area contributed by atoms with E-state index in [1.807, 2.05) is 13.8 Å². The van der Waals surface area contributed by atoms with Crippen LogP contribution >= 0.6 is 23.7 Å². The lowest BCUT2D eigenvalue weighted by atomic mass is 9.88. The number of carbonyl (C=O) groups is 2. The highest BCUT2D eigenvalue weighted by molar-refractivity contribution is 7.88. The van der Waals surface area contributed by atoms with Gasteiger partial charge in [0, 0.05) is 25.0 Å². The maximum Gasteiger partial charge on any atom is 0.273 e. The summed E-state index contributed by atoms with van der Waals surface area (Å²) in [7, 11) is -3.68. The van der Waals surface area contributed by atoms with Gasteiger partial charge in [-0.1, -0.05) is 13.8 Å². The fourth-order valence-electron chi connectivity index (χ4n) is 4.85. The summed E-state index contributed by atoms with van der Waals surface area (Å²) >= 11 is 1.45. The van der Waals surface area contributed by atoms with Gasteiger partial charge in [0.1, 0.15) is 10.7 Å². The number of fused-ring (bicyclic) bond motifs is 1. The second-order valence-corrected chi connectivity index (χ2v) is 11.3. The minimum absolute atomic E-state index is 0. The Labute approximate surface area is 193 Å². The van der Waals surface area contributed by atoms with E-state index < -0.39 is 33.9 Å². The number of ether oxygens (including phenoxy) is 1. The largest absolute Gasteiger partial charge is 0.379 e. The van der Waals surface area contributed by atoms with Crippen molar-refractivity contribution in [1.82, 2.24) is 19.1 Å². The van der Waals surface area contributed by atoms with Crippen molar-refractivity contribution < 1.29 is 22.7 Å². The van der Waals surface area contributed by atoms with Gasteiger partial charge in [-0.15, -0.1) is 23.7 Å². The zero-order chi connectivity index (χ0) is 21.6. The number of halogens is 1. The summed E-state index contributed by atoms with van der Waals surface area (Å²) in [5, 5.41) is 2.64. The van der Waals surface area contributed by atoms with Crippen LogP contribution in [0.25, 0.3) is 0 Å². The average Bonchev–Trinajstić information content (AvgIpc) is 3.35. The first-order valence-electron chi connectivity index (χ1n) is 10.3. The molecule has 4 heterocycles. The van der Waals surface area contributed by atoms with Crippen LogP contribution in [0.3, 0.4) is 0 Å². The van der Waals surface area contributed by atoms with Gasteiger partial charge in [-0.2, -0.15) is 0 Å². The Morgan fingerprint density at radius 2 is 1.97 bits per heavy atom. The van der Waals surface area contributed by atoms with E-state index in [1.54, 1.807) is 10.3 Å². The highest BCUT2D eigenvalue weighted by Gasteiger charge is 2.58. The molecule has 0 radical (unpaired) electrons. The van der Waals surface area contributed by atoms with E-state index in [-0.39, 0.29) is 24.2 Å². The fraction of sp³-hybridized carbons (Fsp3) is 0.737. The Bertz CT molecular complexity index is 931. The van der Waals surface area contributed by atoms with Crippen molar-refractivity contribution in [2.24, 2.45) is 11.8 Å². The molecule has 0 bridgehead atoms. The molecular formula is C19H29ClN4O5S2. The monoisotopic (exact) mass is 492 g/mol. The molecule has 1 aromatic rings. The van der Waals surface area contributed by atoms with Gasteiger partial charge < -0.3 is 9.64 Å². The van der Waals surface area contributed by atoms with Crippen LogP contribution in [-0.2, 0) is 26.1 Å². The van der Waals surface area contributed by atoms with Gasteiger partial charge in [-0.05, 0) is 12.3 Å². The zero-order valence-corrected chi connectivity index (χ0v) is 20.3. The van der Waals surface area contributed by atoms with Crippen LogP contribution in [0.15, 0.2) is 5.38 Å². The molecule has 0 saturated carbocycles. The summed E-state index contributed by atoms with van der Waals surface area (Å²) in [5.41, 5.74) is 0.372. The van der Waals surface area contributed by atoms with Crippen molar-refractivity contribution in [1.29, 1.82) is 0 Å². The summed E-state index contributed by atoms with van der Waals surface area (Å²) < 4.78 is 30.9. The molecule has 3 aliphatic heterocycles. The Morgan fingerprint density at radius 3 is 2.58 bits per heavy atom. The normalized spacial score (nSPS) is 27.0. The van der Waals surface area contributed by atoms with Gasteiger partial charge in [0.25, 0.3) is 5.91 Å². The predicted octanol–water partition coefficient (Wildman–Crippen LogP) is 1.05. The maximum absolute atomic E-state index is 13.3. The molecule has 3 aliphatic rings. The number of carbonyl (C=O) groups excluding carboxylic acids is 2. The number of amides is 2. The van der Waals surface area contributed by atoms with E-state index in [0.29, 0.717) is 38.4 Å². The number of likely N-dealkylation sites (tertiary alicyclic amines) is 1. The van der Waals surface area contributed by atoms with Gasteiger partial charge in [0.15, 0.2) is 0 Å². The van der Waals surface area contributed by atoms with Crippen molar-refractivity contribution in [2.75, 3.05) is 39.1 Å². The first-order chi connectivity index (χ1) is 14.2. The van der Waals surface area contributed by atoms with E-state index in [0.717, 1.165) is 28.7 Å². The first kappa shape index (κ1) is 24.4. The van der Waals surface area contributed by atoms with E-state index in [2.05, 4.69) is 9.88 Å². The summed E-state index contributed by atoms with van der Waals surface area (Å²) in [6, 6.07) is -0.931. The van der Waals surface area contributed by atoms with Crippen LogP contribution in [0.5, 0.6) is 0 Å². The number of sulfonamides is 1. The topological polar surface area (TPSA) is 100 Å². The minimum Gasteiger partial charge on any atom is -0.379 e. The second kappa shape index (κ2) is 9.30. The van der Waals surface area contributed by atoms with E-state index in [9.17, 15) is 18.0 Å². The highest BCUT2D eigenvalue weighted by atomic mass is 35.5. The summed E-state index contributed by atoms with van der Waals surface area (Å²) in [6.45, 7) is 8.00. The molecule has 174 valence electrons. The standard InChI is InChI=1S/C19H28N4O5S2.ClH/c1-12(2)16-17-14(23(19(16)25)30(3,26)27)4-5-22(17)18(24)13-11-29-15(20-13)10-21-6-8-28-9-7-21;/h11-12,14,16-17H,4-10H2,1-3H3;1H/t14-,16+,17-;/m1./s1. The first-order valence-corrected chi connectivity index (χ1v) is 13.0. The van der Waals surface area contributed by atoms with Crippen LogP contribution in [0.4, 0.5) is 0 Å². The van der Waals surface area contributed by atoms with Crippen molar-refractivity contribution in [3.05, 3.63) is 16.1 Å². The molecule has 0 unspecified atom stereocenters. The Morgan fingerprint density at radius 1 is 1.29 bits per heavy atom. The molecule has 0 N–H and O–H groups in total. The predicted molar refractivity (Wildman–Crippen MR) is 119 cm³/mol. The van der Waals surface area contributed by atoms with E-state index in [1.165, 1.54) is 11.3 Å². The van der Waals surface area contributed by atoms with Gasteiger partial charge in [0.05, 0.1) is 44.0 Å². The van der Waals surface area contributed by atoms with Crippen LogP contribution < -0.4 is 0 Å². The van der Waals surface area contributed by atoms with Crippen molar-refractivity contribution >= 4 is 45.6 Å². The lowest BCUT2D eigenvalue weighted by Gasteiger charge is -2.28. The summed E-state index contributed by atoms with van der Waals surface area (Å²) in [6.07, 6.45) is 1.52. The number of hydrogen-bond donors (Lipinski definition) is 0. The second-order valence-electron chi connectivity index (χ2n) is 8.53. The van der Waals surface area contributed by atoms with Crippen molar-refractivity contribution in [2.45, 2.75) is 38.9 Å². The lowest BCUT2D eigenvalue weighted by Crippen LogP contribution is -2.44. The molecule has 3 saturated heterocycles. The van der Waals surface area contributed by atoms with Gasteiger partial charge in [-0.3, -0.25) is 14.5 Å². The Balaban J connectivity index is 0.00000272. The highest BCUT2D eigenvalue weighted by Crippen LogP contribution is 2.41. The fourth-order valence-corrected chi connectivity index (χ4v) is 6.83. The SMILES string of the molecule is CC(C)[C@@H]1C(=O)N(S(C)(=O)=O)[C@@H]2CCN(C(=O)c3csc(CN4CCOCC4)n3)[C@H]21.Cl. The number of hydrogen-bond acceptors (Lipinski definition) is 8. The van der Waals surface area contributed by atoms with Crippen LogP contribution in [0, 0.1) is 11.8 Å². The number of thiazole rings is 1. The Hall–Kier alpha value is -1.27. The smallest absolute Gasteiger partial charge is 0.273 e. The summed E-state index contributed by atoms with van der Waals surface area (Å²) in [5.74, 6) is -1.22. The molecule has 31 heavy (non-hydrogen) atoms. The molecule has 0 spiro atoms. The molecule has 0 aromatic carbocycles. The van der Waals surface area contributed by atoms with Gasteiger partial charge in [0.2, 0.25) is 15.9 Å². The molecule has 12 heteroatoms. The summed E-state index contributed by atoms with van der Waals surface area (Å²) in [4.78, 5) is 34.7. The van der Waals surface area contributed by atoms with E-state index in [4.69, 9.17) is 4.74 Å². The third-order valence-electron chi connectivity index (χ3n) is 6.16. The molecule has 4 rings (SSSR count). The van der Waals surface area contributed by atoms with E-state index >= 15 is 0 Å². The minimum atomic E-state index is -3.68. The maximum atomic E-state index is 13.3. The van der Waals surface area contributed by atoms with Crippen molar-refractivity contribution in [3.63, 3.8) is 0 Å². The lowest BCUT2D eigenvalue weighted by molar-refractivity contribution is -0.129. The zero-order valence-electron chi connectivity index (χ0n) is 17.9. The van der Waals surface area contributed by atoms with Gasteiger partial charge in [-0.25, -0.2) is 17.7 Å². The molecule has 9 nitrogen and oxygen atoms in total. The molecular weight excluding hydrogens is 464 g/mol. The molecule has 2 amide bonds. The molecule has 0 aliphatic carbocycles.